The molecule has 0 aliphatic heterocycles. The summed E-state index contributed by atoms with van der Waals surface area (Å²) in [6.45, 7) is 11.0. The van der Waals surface area contributed by atoms with Crippen LogP contribution >= 0.6 is 0 Å². The van der Waals surface area contributed by atoms with Crippen LogP contribution in [0.5, 0.6) is 5.75 Å². The molecule has 2 aromatic rings. The van der Waals surface area contributed by atoms with Crippen molar-refractivity contribution in [3.63, 3.8) is 0 Å². The van der Waals surface area contributed by atoms with Gasteiger partial charge in [-0.2, -0.15) is 0 Å². The van der Waals surface area contributed by atoms with Crippen LogP contribution in [0.1, 0.15) is 65.1 Å². The molecule has 1 saturated carbocycles. The molecule has 2 aromatic carbocycles. The van der Waals surface area contributed by atoms with E-state index in [1.807, 2.05) is 51.1 Å². The largest absolute Gasteiger partial charge is 0.508 e. The maximum Gasteiger partial charge on any atom is 0.408 e. The Labute approximate surface area is 219 Å². The number of alkyl carbamates (subject to hydrolysis) is 1. The lowest BCUT2D eigenvalue weighted by molar-refractivity contribution is -0.143. The molecule has 37 heavy (non-hydrogen) atoms. The number of ether oxygens (including phenoxy) is 1. The highest BCUT2D eigenvalue weighted by Crippen LogP contribution is 2.41. The number of hydrogen-bond acceptors (Lipinski definition) is 5. The van der Waals surface area contributed by atoms with Crippen LogP contribution in [-0.4, -0.2) is 51.6 Å². The average Bonchev–Trinajstić information content (AvgIpc) is 3.52. The number of nitrogens with one attached hydrogen (secondary N) is 2. The van der Waals surface area contributed by atoms with Gasteiger partial charge in [0.05, 0.1) is 0 Å². The fourth-order valence-electron chi connectivity index (χ4n) is 4.31. The molecule has 3 N–H and O–H groups in total. The van der Waals surface area contributed by atoms with Gasteiger partial charge in [-0.3, -0.25) is 9.59 Å². The van der Waals surface area contributed by atoms with Gasteiger partial charge in [0, 0.05) is 18.5 Å². The molecule has 200 valence electrons. The highest BCUT2D eigenvalue weighted by atomic mass is 16.6. The molecule has 3 amide bonds. The van der Waals surface area contributed by atoms with Crippen LogP contribution in [-0.2, 0) is 20.7 Å². The van der Waals surface area contributed by atoms with Gasteiger partial charge < -0.3 is 25.4 Å². The number of aromatic hydroxyl groups is 1. The Morgan fingerprint density at radius 1 is 1.03 bits per heavy atom. The molecule has 3 rings (SSSR count). The molecule has 1 aliphatic carbocycles. The summed E-state index contributed by atoms with van der Waals surface area (Å²) in [5.41, 5.74) is 0.716. The Kier molecular flexibility index (Phi) is 8.84. The predicted octanol–water partition coefficient (Wildman–Crippen LogP) is 4.33. The van der Waals surface area contributed by atoms with Gasteiger partial charge in [0.1, 0.15) is 23.4 Å². The second-order valence-corrected chi connectivity index (χ2v) is 11.1. The minimum Gasteiger partial charge on any atom is -0.508 e. The summed E-state index contributed by atoms with van der Waals surface area (Å²) >= 11 is 0. The molecular weight excluding hydrogens is 470 g/mol. The molecule has 0 aromatic heterocycles. The first-order chi connectivity index (χ1) is 17.4. The first kappa shape index (κ1) is 28.0. The number of rotatable bonds is 9. The minimum atomic E-state index is -0.948. The van der Waals surface area contributed by atoms with Gasteiger partial charge >= 0.3 is 6.09 Å². The van der Waals surface area contributed by atoms with Crippen LogP contribution in [0, 0.1) is 5.92 Å². The van der Waals surface area contributed by atoms with Gasteiger partial charge in [-0.25, -0.2) is 4.79 Å². The van der Waals surface area contributed by atoms with Gasteiger partial charge in [-0.1, -0.05) is 49.4 Å². The summed E-state index contributed by atoms with van der Waals surface area (Å²) in [6, 6.07) is 13.6. The summed E-state index contributed by atoms with van der Waals surface area (Å²) < 4.78 is 5.46. The second-order valence-electron chi connectivity index (χ2n) is 11.1. The van der Waals surface area contributed by atoms with Crippen molar-refractivity contribution in [1.82, 2.24) is 15.5 Å². The maximum absolute atomic E-state index is 14.3. The zero-order valence-corrected chi connectivity index (χ0v) is 22.5. The maximum atomic E-state index is 14.3. The van der Waals surface area contributed by atoms with Crippen molar-refractivity contribution < 1.29 is 24.2 Å². The molecule has 0 radical (unpaired) electrons. The molecule has 8 nitrogen and oxygen atoms in total. The lowest BCUT2D eigenvalue weighted by Gasteiger charge is -2.35. The quantitative estimate of drug-likeness (QED) is 0.466. The van der Waals surface area contributed by atoms with Crippen molar-refractivity contribution in [2.75, 3.05) is 0 Å². The van der Waals surface area contributed by atoms with Gasteiger partial charge in [0.25, 0.3) is 0 Å². The van der Waals surface area contributed by atoms with Gasteiger partial charge in [-0.05, 0) is 70.2 Å². The van der Waals surface area contributed by atoms with E-state index in [1.165, 1.54) is 12.1 Å². The van der Waals surface area contributed by atoms with Crippen molar-refractivity contribution in [2.24, 2.45) is 5.92 Å². The molecule has 0 saturated heterocycles. The first-order valence-corrected chi connectivity index (χ1v) is 12.8. The van der Waals surface area contributed by atoms with E-state index < -0.39 is 23.8 Å². The molecule has 0 heterocycles. The van der Waals surface area contributed by atoms with Gasteiger partial charge in [0.15, 0.2) is 0 Å². The van der Waals surface area contributed by atoms with Crippen LogP contribution in [0.25, 0.3) is 0 Å². The molecule has 4 unspecified atom stereocenters. The molecule has 8 heteroatoms. The van der Waals surface area contributed by atoms with Crippen LogP contribution in [0.15, 0.2) is 54.6 Å². The third-order valence-electron chi connectivity index (χ3n) is 6.12. The monoisotopic (exact) mass is 509 g/mol. The smallest absolute Gasteiger partial charge is 0.408 e. The van der Waals surface area contributed by atoms with Crippen molar-refractivity contribution in [3.05, 3.63) is 65.7 Å². The highest BCUT2D eigenvalue weighted by molar-refractivity contribution is 5.93. The minimum absolute atomic E-state index is 0.0676. The van der Waals surface area contributed by atoms with E-state index in [1.54, 1.807) is 37.8 Å². The molecule has 1 fully saturated rings. The van der Waals surface area contributed by atoms with Crippen LogP contribution < -0.4 is 10.6 Å². The molecule has 0 spiro atoms. The Morgan fingerprint density at radius 2 is 1.62 bits per heavy atom. The van der Waals surface area contributed by atoms with Crippen molar-refractivity contribution >= 4 is 17.9 Å². The van der Waals surface area contributed by atoms with Crippen LogP contribution in [0.2, 0.25) is 0 Å². The van der Waals surface area contributed by atoms with E-state index in [0.717, 1.165) is 12.0 Å². The fraction of sp³-hybridized carbons (Fsp3) is 0.483. The van der Waals surface area contributed by atoms with Gasteiger partial charge in [0.2, 0.25) is 11.8 Å². The zero-order valence-electron chi connectivity index (χ0n) is 22.5. The van der Waals surface area contributed by atoms with Crippen LogP contribution in [0.4, 0.5) is 4.79 Å². The summed E-state index contributed by atoms with van der Waals surface area (Å²) in [5, 5.41) is 15.5. The Morgan fingerprint density at radius 3 is 2.14 bits per heavy atom. The van der Waals surface area contributed by atoms with Crippen molar-refractivity contribution in [3.8, 4) is 5.75 Å². The van der Waals surface area contributed by atoms with Gasteiger partial charge in [-0.15, -0.1) is 0 Å². The summed E-state index contributed by atoms with van der Waals surface area (Å²) in [6.07, 6.45) is 0.295. The van der Waals surface area contributed by atoms with E-state index in [4.69, 9.17) is 4.74 Å². The molecule has 0 bridgehead atoms. The third kappa shape index (κ3) is 7.97. The number of phenolic OH excluding ortho intramolecular Hbond substituents is 1. The van der Waals surface area contributed by atoms with E-state index >= 15 is 0 Å². The molecule has 1 aliphatic rings. The second kappa shape index (κ2) is 11.7. The number of benzene rings is 2. The summed E-state index contributed by atoms with van der Waals surface area (Å²) in [5.74, 6) is -0.405. The van der Waals surface area contributed by atoms with E-state index in [9.17, 15) is 19.5 Å². The summed E-state index contributed by atoms with van der Waals surface area (Å²) in [7, 11) is 0. The average molecular weight is 510 g/mol. The number of hydrogen-bond donors (Lipinski definition) is 3. The molecular formula is C29H39N3O5. The number of phenols is 1. The lowest BCUT2D eigenvalue weighted by atomic mass is 9.99. The number of amides is 3. The lowest BCUT2D eigenvalue weighted by Crippen LogP contribution is -2.55. The predicted molar refractivity (Wildman–Crippen MR) is 142 cm³/mol. The SMILES string of the molecule is CC(C)NC(=O)C(c1ccc(O)cc1)N(C(=O)C(Cc1ccccc1)NC(=O)OC(C)(C)C)C1CC1C. The Hall–Kier alpha value is -3.55. The van der Waals surface area contributed by atoms with E-state index in [2.05, 4.69) is 10.6 Å². The topological polar surface area (TPSA) is 108 Å². The van der Waals surface area contributed by atoms with Crippen LogP contribution in [0.3, 0.4) is 0 Å². The standard InChI is InChI=1S/C29H39N3O5/c1-18(2)30-26(34)25(21-12-14-22(33)15-13-21)32(24-16-19(24)3)27(35)23(17-20-10-8-7-9-11-20)31-28(36)37-29(4,5)6/h7-15,18-19,23-25,33H,16-17H2,1-6H3,(H,30,34)(H,31,36). The Balaban J connectivity index is 2.02. The summed E-state index contributed by atoms with van der Waals surface area (Å²) in [4.78, 5) is 42.2. The first-order valence-electron chi connectivity index (χ1n) is 12.8. The normalized spacial score (nSPS) is 18.5. The number of carbonyl (C=O) groups is 3. The van der Waals surface area contributed by atoms with Crippen molar-refractivity contribution in [1.29, 1.82) is 0 Å². The third-order valence-corrected chi connectivity index (χ3v) is 6.12. The molecule has 4 atom stereocenters. The number of carbonyl (C=O) groups excluding carboxylic acids is 3. The zero-order chi connectivity index (χ0) is 27.3. The van der Waals surface area contributed by atoms with Crippen molar-refractivity contribution in [2.45, 2.75) is 84.2 Å². The highest BCUT2D eigenvalue weighted by Gasteiger charge is 2.48. The number of nitrogens with zero attached hydrogens (tertiary/aromatic N) is 1. The van der Waals surface area contributed by atoms with E-state index in [-0.39, 0.29) is 42.0 Å². The Bertz CT molecular complexity index is 1080. The fourth-order valence-corrected chi connectivity index (χ4v) is 4.31. The van der Waals surface area contributed by atoms with E-state index in [0.29, 0.717) is 5.56 Å².